The van der Waals surface area contributed by atoms with Gasteiger partial charge < -0.3 is 14.2 Å². The molecule has 0 spiro atoms. The SMILES string of the molecule is O=C(/C=C/c1ccc(-c2ccc(Cl)cc2)o1)N1CCN(c2c(Cl)cccc2[N+](=O)[O-])CC1. The van der Waals surface area contributed by atoms with E-state index in [9.17, 15) is 14.9 Å². The van der Waals surface area contributed by atoms with Gasteiger partial charge in [0.05, 0.1) is 9.95 Å². The minimum absolute atomic E-state index is 0.0357. The fourth-order valence-electron chi connectivity index (χ4n) is 3.59. The van der Waals surface area contributed by atoms with Gasteiger partial charge in [-0.15, -0.1) is 0 Å². The van der Waals surface area contributed by atoms with E-state index >= 15 is 0 Å². The number of nitro benzene ring substituents is 1. The molecule has 0 unspecified atom stereocenters. The Labute approximate surface area is 194 Å². The Balaban J connectivity index is 1.38. The van der Waals surface area contributed by atoms with Crippen LogP contribution in [0.2, 0.25) is 10.0 Å². The minimum atomic E-state index is -0.441. The molecule has 0 N–H and O–H groups in total. The monoisotopic (exact) mass is 471 g/mol. The number of rotatable bonds is 5. The molecule has 1 saturated heterocycles. The van der Waals surface area contributed by atoms with Gasteiger partial charge in [0.2, 0.25) is 5.91 Å². The van der Waals surface area contributed by atoms with Crippen LogP contribution in [0.1, 0.15) is 5.76 Å². The molecule has 3 aromatic rings. The van der Waals surface area contributed by atoms with E-state index in [1.165, 1.54) is 12.1 Å². The van der Waals surface area contributed by atoms with Crippen LogP contribution in [0, 0.1) is 10.1 Å². The average molecular weight is 472 g/mol. The molecule has 1 fully saturated rings. The summed E-state index contributed by atoms with van der Waals surface area (Å²) in [7, 11) is 0. The summed E-state index contributed by atoms with van der Waals surface area (Å²) < 4.78 is 5.78. The van der Waals surface area contributed by atoms with Gasteiger partial charge in [-0.1, -0.05) is 29.3 Å². The molecule has 32 heavy (non-hydrogen) atoms. The standard InChI is InChI=1S/C23H19Cl2N3O4/c24-17-6-4-16(5-7-17)21-10-8-18(32-21)9-11-22(29)26-12-14-27(15-13-26)23-19(25)2-1-3-20(23)28(30)31/h1-11H,12-15H2/b11-9+. The van der Waals surface area contributed by atoms with Gasteiger partial charge in [-0.3, -0.25) is 14.9 Å². The number of furan rings is 1. The maximum Gasteiger partial charge on any atom is 0.294 e. The van der Waals surface area contributed by atoms with E-state index < -0.39 is 4.92 Å². The van der Waals surface area contributed by atoms with Crippen LogP contribution in [0.5, 0.6) is 0 Å². The van der Waals surface area contributed by atoms with E-state index in [-0.39, 0.29) is 11.6 Å². The van der Waals surface area contributed by atoms with E-state index in [0.717, 1.165) is 5.56 Å². The van der Waals surface area contributed by atoms with Gasteiger partial charge in [-0.2, -0.15) is 0 Å². The summed E-state index contributed by atoms with van der Waals surface area (Å²) in [5.41, 5.74) is 1.25. The van der Waals surface area contributed by atoms with Crippen LogP contribution in [0.15, 0.2) is 65.1 Å². The van der Waals surface area contributed by atoms with Crippen molar-refractivity contribution in [3.63, 3.8) is 0 Å². The molecule has 4 rings (SSSR count). The molecule has 0 bridgehead atoms. The average Bonchev–Trinajstić information content (AvgIpc) is 3.27. The minimum Gasteiger partial charge on any atom is -0.457 e. The number of para-hydroxylation sites is 1. The summed E-state index contributed by atoms with van der Waals surface area (Å²) in [5.74, 6) is 1.10. The number of halogens is 2. The maximum atomic E-state index is 12.6. The summed E-state index contributed by atoms with van der Waals surface area (Å²) >= 11 is 12.1. The Bertz CT molecular complexity index is 1170. The highest BCUT2D eigenvalue weighted by molar-refractivity contribution is 6.33. The summed E-state index contributed by atoms with van der Waals surface area (Å²) in [6.45, 7) is 1.76. The fraction of sp³-hybridized carbons (Fsp3) is 0.174. The normalized spacial score (nSPS) is 14.2. The summed E-state index contributed by atoms with van der Waals surface area (Å²) in [6.07, 6.45) is 3.10. The fourth-order valence-corrected chi connectivity index (χ4v) is 4.00. The summed E-state index contributed by atoms with van der Waals surface area (Å²) in [5, 5.41) is 12.3. The maximum absolute atomic E-state index is 12.6. The first-order chi connectivity index (χ1) is 15.4. The molecule has 0 aliphatic carbocycles. The number of hydrogen-bond donors (Lipinski definition) is 0. The van der Waals surface area contributed by atoms with Gasteiger partial charge >= 0.3 is 0 Å². The number of carbonyl (C=O) groups excluding carboxylic acids is 1. The highest BCUT2D eigenvalue weighted by atomic mass is 35.5. The number of amides is 1. The van der Waals surface area contributed by atoms with Crippen LogP contribution < -0.4 is 4.90 Å². The van der Waals surface area contributed by atoms with Crippen molar-refractivity contribution < 1.29 is 14.1 Å². The van der Waals surface area contributed by atoms with E-state index in [2.05, 4.69) is 0 Å². The number of anilines is 1. The first-order valence-corrected chi connectivity index (χ1v) is 10.7. The van der Waals surface area contributed by atoms with Crippen LogP contribution in [-0.2, 0) is 4.79 Å². The number of piperazine rings is 1. The van der Waals surface area contributed by atoms with Crippen molar-refractivity contribution in [3.05, 3.63) is 86.6 Å². The molecule has 2 aromatic carbocycles. The number of nitrogens with zero attached hydrogens (tertiary/aromatic N) is 3. The van der Waals surface area contributed by atoms with Crippen LogP contribution in [0.3, 0.4) is 0 Å². The molecule has 1 amide bonds. The summed E-state index contributed by atoms with van der Waals surface area (Å²) in [4.78, 5) is 27.0. The Morgan fingerprint density at radius 1 is 1.00 bits per heavy atom. The molecule has 7 nitrogen and oxygen atoms in total. The first-order valence-electron chi connectivity index (χ1n) is 9.93. The molecule has 164 valence electrons. The van der Waals surface area contributed by atoms with Crippen molar-refractivity contribution in [1.82, 2.24) is 4.90 Å². The van der Waals surface area contributed by atoms with Crippen LogP contribution >= 0.6 is 23.2 Å². The molecular formula is C23H19Cl2N3O4. The number of benzene rings is 2. The highest BCUT2D eigenvalue weighted by Crippen LogP contribution is 2.35. The highest BCUT2D eigenvalue weighted by Gasteiger charge is 2.27. The van der Waals surface area contributed by atoms with E-state index in [0.29, 0.717) is 53.4 Å². The van der Waals surface area contributed by atoms with Crippen molar-refractivity contribution in [2.75, 3.05) is 31.1 Å². The lowest BCUT2D eigenvalue weighted by Crippen LogP contribution is -2.48. The van der Waals surface area contributed by atoms with Gasteiger partial charge in [-0.25, -0.2) is 0 Å². The number of hydrogen-bond acceptors (Lipinski definition) is 5. The van der Waals surface area contributed by atoms with E-state index in [1.807, 2.05) is 23.1 Å². The van der Waals surface area contributed by atoms with E-state index in [1.54, 1.807) is 41.3 Å². The molecule has 0 radical (unpaired) electrons. The topological polar surface area (TPSA) is 79.8 Å². The lowest BCUT2D eigenvalue weighted by molar-refractivity contribution is -0.384. The summed E-state index contributed by atoms with van der Waals surface area (Å²) in [6, 6.07) is 15.6. The Hall–Kier alpha value is -3.29. The lowest BCUT2D eigenvalue weighted by Gasteiger charge is -2.35. The van der Waals surface area contributed by atoms with Crippen molar-refractivity contribution in [2.45, 2.75) is 0 Å². The van der Waals surface area contributed by atoms with Crippen molar-refractivity contribution in [1.29, 1.82) is 0 Å². The third-order valence-corrected chi connectivity index (χ3v) is 5.77. The molecule has 0 atom stereocenters. The quantitative estimate of drug-likeness (QED) is 0.277. The zero-order valence-corrected chi connectivity index (χ0v) is 18.4. The van der Waals surface area contributed by atoms with Crippen molar-refractivity contribution >= 4 is 46.6 Å². The second-order valence-electron chi connectivity index (χ2n) is 7.22. The van der Waals surface area contributed by atoms with Crippen LogP contribution in [0.4, 0.5) is 11.4 Å². The van der Waals surface area contributed by atoms with Crippen LogP contribution in [0.25, 0.3) is 17.4 Å². The predicted octanol–water partition coefficient (Wildman–Crippen LogP) is 5.52. The largest absolute Gasteiger partial charge is 0.457 e. The van der Waals surface area contributed by atoms with Crippen molar-refractivity contribution in [2.24, 2.45) is 0 Å². The lowest BCUT2D eigenvalue weighted by atomic mass is 10.2. The Kier molecular flexibility index (Phi) is 6.48. The smallest absolute Gasteiger partial charge is 0.294 e. The van der Waals surface area contributed by atoms with Gasteiger partial charge in [0, 0.05) is 48.9 Å². The van der Waals surface area contributed by atoms with Crippen molar-refractivity contribution in [3.8, 4) is 11.3 Å². The second kappa shape index (κ2) is 9.46. The molecular weight excluding hydrogens is 453 g/mol. The molecule has 0 saturated carbocycles. The molecule has 1 aliphatic rings. The van der Waals surface area contributed by atoms with Gasteiger partial charge in [-0.05, 0) is 48.5 Å². The number of nitro groups is 1. The zero-order chi connectivity index (χ0) is 22.7. The zero-order valence-electron chi connectivity index (χ0n) is 16.9. The third-order valence-electron chi connectivity index (χ3n) is 5.22. The Morgan fingerprint density at radius 2 is 1.72 bits per heavy atom. The second-order valence-corrected chi connectivity index (χ2v) is 8.06. The molecule has 1 aliphatic heterocycles. The van der Waals surface area contributed by atoms with Gasteiger partial charge in [0.1, 0.15) is 17.2 Å². The van der Waals surface area contributed by atoms with Gasteiger partial charge in [0.15, 0.2) is 0 Å². The van der Waals surface area contributed by atoms with Crippen LogP contribution in [-0.4, -0.2) is 41.9 Å². The van der Waals surface area contributed by atoms with Gasteiger partial charge in [0.25, 0.3) is 5.69 Å². The molecule has 2 heterocycles. The third kappa shape index (κ3) is 4.79. The molecule has 9 heteroatoms. The Morgan fingerprint density at radius 3 is 2.41 bits per heavy atom. The predicted molar refractivity (Wildman–Crippen MR) is 125 cm³/mol. The number of carbonyl (C=O) groups is 1. The van der Waals surface area contributed by atoms with E-state index in [4.69, 9.17) is 27.6 Å². The molecule has 1 aromatic heterocycles. The first kappa shape index (κ1) is 21.9.